The minimum Gasteiger partial charge on any atom is -0.387 e. The highest BCUT2D eigenvalue weighted by Gasteiger charge is 2.13. The number of fused-ring (bicyclic) bond motifs is 1. The smallest absolute Gasteiger partial charge is 0.124 e. The third kappa shape index (κ3) is 2.64. The molecule has 1 N–H and O–H groups in total. The fraction of sp³-hybridized carbons (Fsp3) is 0.133. The number of halogens is 1. The van der Waals surface area contributed by atoms with E-state index in [9.17, 15) is 9.50 Å². The first-order chi connectivity index (χ1) is 9.22. The largest absolute Gasteiger partial charge is 0.387 e. The highest BCUT2D eigenvalue weighted by Crippen LogP contribution is 2.31. The normalized spacial score (nSPS) is 12.7. The Bertz CT molecular complexity index is 696. The first-order valence-electron chi connectivity index (χ1n) is 5.99. The molecule has 2 nitrogen and oxygen atoms in total. The number of pyridine rings is 1. The fourth-order valence-electron chi connectivity index (χ4n) is 2.01. The molecule has 19 heavy (non-hydrogen) atoms. The van der Waals surface area contributed by atoms with E-state index in [1.54, 1.807) is 12.3 Å². The average Bonchev–Trinajstić information content (AvgIpc) is 2.83. The summed E-state index contributed by atoms with van der Waals surface area (Å²) in [7, 11) is 0. The third-order valence-electron chi connectivity index (χ3n) is 2.96. The first-order valence-corrected chi connectivity index (χ1v) is 6.81. The molecule has 0 aliphatic rings. The van der Waals surface area contributed by atoms with Gasteiger partial charge < -0.3 is 5.11 Å². The van der Waals surface area contributed by atoms with Crippen molar-refractivity contribution in [3.63, 3.8) is 0 Å². The maximum Gasteiger partial charge on any atom is 0.124 e. The van der Waals surface area contributed by atoms with Gasteiger partial charge >= 0.3 is 0 Å². The van der Waals surface area contributed by atoms with Gasteiger partial charge in [0.05, 0.1) is 6.10 Å². The number of benzene rings is 1. The molecular weight excluding hydrogens is 261 g/mol. The van der Waals surface area contributed by atoms with Crippen molar-refractivity contribution in [2.24, 2.45) is 0 Å². The van der Waals surface area contributed by atoms with Crippen molar-refractivity contribution in [2.75, 3.05) is 0 Å². The predicted octanol–water partition coefficient (Wildman–Crippen LogP) is 3.71. The highest BCUT2D eigenvalue weighted by atomic mass is 32.1. The van der Waals surface area contributed by atoms with Crippen LogP contribution in [-0.2, 0) is 6.42 Å². The van der Waals surface area contributed by atoms with Crippen molar-refractivity contribution in [3.8, 4) is 0 Å². The maximum absolute atomic E-state index is 13.1. The molecule has 1 aromatic carbocycles. The molecule has 2 aromatic heterocycles. The molecule has 3 aromatic rings. The van der Waals surface area contributed by atoms with Crippen LogP contribution in [-0.4, -0.2) is 10.1 Å². The predicted molar refractivity (Wildman–Crippen MR) is 74.7 cm³/mol. The summed E-state index contributed by atoms with van der Waals surface area (Å²) >= 11 is 1.42. The van der Waals surface area contributed by atoms with Crippen molar-refractivity contribution in [2.45, 2.75) is 12.5 Å². The molecule has 2 heterocycles. The van der Waals surface area contributed by atoms with E-state index >= 15 is 0 Å². The van der Waals surface area contributed by atoms with E-state index in [0.29, 0.717) is 6.42 Å². The molecule has 0 saturated heterocycles. The van der Waals surface area contributed by atoms with Gasteiger partial charge in [0.25, 0.3) is 0 Å². The Morgan fingerprint density at radius 1 is 1.21 bits per heavy atom. The molecule has 0 bridgehead atoms. The lowest BCUT2D eigenvalue weighted by atomic mass is 10.1. The number of hydrogen-bond donors (Lipinski definition) is 1. The number of rotatable bonds is 3. The minimum absolute atomic E-state index is 0.250. The summed E-state index contributed by atoms with van der Waals surface area (Å²) in [6.07, 6.45) is 1.58. The fourth-order valence-corrected chi connectivity index (χ4v) is 3.08. The number of aromatic nitrogens is 1. The first kappa shape index (κ1) is 12.3. The molecule has 0 amide bonds. The van der Waals surface area contributed by atoms with Gasteiger partial charge in [-0.05, 0) is 35.7 Å². The number of aliphatic hydroxyl groups is 1. The van der Waals surface area contributed by atoms with Crippen LogP contribution in [0.25, 0.3) is 10.1 Å². The molecule has 1 atom stereocenters. The molecule has 0 saturated carbocycles. The van der Waals surface area contributed by atoms with E-state index in [-0.39, 0.29) is 5.82 Å². The Balaban J connectivity index is 1.87. The zero-order valence-corrected chi connectivity index (χ0v) is 10.9. The third-order valence-corrected chi connectivity index (χ3v) is 4.16. The monoisotopic (exact) mass is 273 g/mol. The van der Waals surface area contributed by atoms with Crippen LogP contribution in [0.3, 0.4) is 0 Å². The van der Waals surface area contributed by atoms with Crippen molar-refractivity contribution < 1.29 is 9.50 Å². The molecule has 4 heteroatoms. The van der Waals surface area contributed by atoms with E-state index in [2.05, 4.69) is 4.98 Å². The van der Waals surface area contributed by atoms with Crippen LogP contribution in [0.2, 0.25) is 0 Å². The Morgan fingerprint density at radius 2 is 2.11 bits per heavy atom. The molecular formula is C15H12FNOS. The molecule has 0 fully saturated rings. The summed E-state index contributed by atoms with van der Waals surface area (Å²) in [5, 5.41) is 11.2. The van der Waals surface area contributed by atoms with Crippen molar-refractivity contribution in [3.05, 3.63) is 65.0 Å². The van der Waals surface area contributed by atoms with Crippen LogP contribution < -0.4 is 0 Å². The van der Waals surface area contributed by atoms with Gasteiger partial charge in [-0.3, -0.25) is 4.98 Å². The van der Waals surface area contributed by atoms with E-state index in [4.69, 9.17) is 0 Å². The zero-order chi connectivity index (χ0) is 13.2. The lowest BCUT2D eigenvalue weighted by Crippen LogP contribution is -2.00. The number of aliphatic hydroxyl groups excluding tert-OH is 1. The number of nitrogens with zero attached hydrogens (tertiary/aromatic N) is 1. The van der Waals surface area contributed by atoms with Gasteiger partial charge in [0.2, 0.25) is 0 Å². The lowest BCUT2D eigenvalue weighted by molar-refractivity contribution is 0.181. The Morgan fingerprint density at radius 3 is 2.89 bits per heavy atom. The molecule has 0 aliphatic carbocycles. The Labute approximate surface area is 114 Å². The number of hydrogen-bond acceptors (Lipinski definition) is 3. The maximum atomic E-state index is 13.1. The van der Waals surface area contributed by atoms with Crippen LogP contribution in [0, 0.1) is 5.82 Å². The van der Waals surface area contributed by atoms with Gasteiger partial charge in [0.1, 0.15) is 5.82 Å². The van der Waals surface area contributed by atoms with Gasteiger partial charge in [-0.2, -0.15) is 0 Å². The van der Waals surface area contributed by atoms with Crippen LogP contribution in [0.1, 0.15) is 16.7 Å². The van der Waals surface area contributed by atoms with Crippen molar-refractivity contribution in [1.29, 1.82) is 0 Å². The summed E-state index contributed by atoms with van der Waals surface area (Å²) in [5.41, 5.74) is 0.846. The molecule has 0 aliphatic heterocycles. The van der Waals surface area contributed by atoms with Gasteiger partial charge in [-0.25, -0.2) is 4.39 Å². The zero-order valence-electron chi connectivity index (χ0n) is 10.1. The second kappa shape index (κ2) is 5.07. The molecule has 3 rings (SSSR count). The molecule has 96 valence electrons. The van der Waals surface area contributed by atoms with Gasteiger partial charge in [0, 0.05) is 27.9 Å². The van der Waals surface area contributed by atoms with Gasteiger partial charge in [-0.15, -0.1) is 11.3 Å². The second-order valence-corrected chi connectivity index (χ2v) is 5.49. The molecule has 0 spiro atoms. The van der Waals surface area contributed by atoms with E-state index in [1.165, 1.54) is 23.5 Å². The summed E-state index contributed by atoms with van der Waals surface area (Å²) in [6.45, 7) is 0. The summed E-state index contributed by atoms with van der Waals surface area (Å²) in [6, 6.07) is 12.2. The Hall–Kier alpha value is -1.78. The second-order valence-electron chi connectivity index (χ2n) is 4.37. The van der Waals surface area contributed by atoms with Crippen LogP contribution in [0.4, 0.5) is 4.39 Å². The SMILES string of the molecule is OC(Cc1ccccn1)c1cc2ccc(F)cc2s1. The molecule has 1 unspecified atom stereocenters. The standard InChI is InChI=1S/C15H12FNOS/c16-11-5-4-10-7-15(19-14(10)8-11)13(18)9-12-3-1-2-6-17-12/h1-8,13,18H,9H2. The molecule has 0 radical (unpaired) electrons. The van der Waals surface area contributed by atoms with Crippen LogP contribution in [0.5, 0.6) is 0 Å². The summed E-state index contributed by atoms with van der Waals surface area (Å²) in [5.74, 6) is -0.250. The van der Waals surface area contributed by atoms with Gasteiger partial charge in [-0.1, -0.05) is 12.1 Å². The van der Waals surface area contributed by atoms with E-state index in [1.807, 2.05) is 24.3 Å². The lowest BCUT2D eigenvalue weighted by Gasteiger charge is -2.07. The topological polar surface area (TPSA) is 33.1 Å². The minimum atomic E-state index is -0.602. The summed E-state index contributed by atoms with van der Waals surface area (Å²) < 4.78 is 14.0. The van der Waals surface area contributed by atoms with Crippen molar-refractivity contribution in [1.82, 2.24) is 4.98 Å². The van der Waals surface area contributed by atoms with E-state index in [0.717, 1.165) is 20.7 Å². The van der Waals surface area contributed by atoms with Gasteiger partial charge in [0.15, 0.2) is 0 Å². The quantitative estimate of drug-likeness (QED) is 0.789. The number of thiophene rings is 1. The van der Waals surface area contributed by atoms with E-state index < -0.39 is 6.10 Å². The average molecular weight is 273 g/mol. The van der Waals surface area contributed by atoms with Crippen LogP contribution >= 0.6 is 11.3 Å². The highest BCUT2D eigenvalue weighted by molar-refractivity contribution is 7.19. The Kier molecular flexibility index (Phi) is 3.27. The van der Waals surface area contributed by atoms with Crippen molar-refractivity contribution >= 4 is 21.4 Å². The summed E-state index contributed by atoms with van der Waals surface area (Å²) in [4.78, 5) is 5.04. The van der Waals surface area contributed by atoms with Crippen LogP contribution in [0.15, 0.2) is 48.7 Å².